The first-order chi connectivity index (χ1) is 9.49. The zero-order chi connectivity index (χ0) is 14.7. The van der Waals surface area contributed by atoms with Crippen LogP contribution in [0.25, 0.3) is 0 Å². The van der Waals surface area contributed by atoms with Crippen molar-refractivity contribution in [2.75, 3.05) is 12.1 Å². The quantitative estimate of drug-likeness (QED) is 0.671. The van der Waals surface area contributed by atoms with Crippen LogP contribution in [0.15, 0.2) is 36.4 Å². The summed E-state index contributed by atoms with van der Waals surface area (Å²) in [6, 6.07) is 10.9. The van der Waals surface area contributed by atoms with Gasteiger partial charge < -0.3 is 14.9 Å². The van der Waals surface area contributed by atoms with Gasteiger partial charge in [-0.15, -0.1) is 0 Å². The Morgan fingerprint density at radius 1 is 1.30 bits per heavy atom. The Balaban J connectivity index is 2.19. The van der Waals surface area contributed by atoms with Crippen LogP contribution in [-0.4, -0.2) is 12.2 Å². The molecule has 0 saturated heterocycles. The average molecular weight is 293 g/mol. The minimum absolute atomic E-state index is 0.0543. The molecule has 0 aromatic heterocycles. The molecule has 0 fully saturated rings. The van der Waals surface area contributed by atoms with Crippen molar-refractivity contribution in [1.29, 1.82) is 0 Å². The van der Waals surface area contributed by atoms with E-state index >= 15 is 0 Å². The number of nitrogens with two attached hydrogens (primary N) is 1. The van der Waals surface area contributed by atoms with Crippen molar-refractivity contribution >= 4 is 17.3 Å². The van der Waals surface area contributed by atoms with Crippen molar-refractivity contribution < 1.29 is 9.84 Å². The van der Waals surface area contributed by atoms with Crippen molar-refractivity contribution in [3.05, 3.63) is 52.5 Å². The summed E-state index contributed by atoms with van der Waals surface area (Å²) < 4.78 is 5.77. The first kappa shape index (κ1) is 14.5. The first-order valence-corrected chi connectivity index (χ1v) is 6.55. The second-order valence-corrected chi connectivity index (χ2v) is 5.00. The van der Waals surface area contributed by atoms with Gasteiger partial charge in [-0.2, -0.15) is 0 Å². The number of hydrogen-bond acceptors (Lipinski definition) is 4. The van der Waals surface area contributed by atoms with Crippen LogP contribution in [0.4, 0.5) is 5.69 Å². The van der Waals surface area contributed by atoms with E-state index in [1.165, 1.54) is 0 Å². The van der Waals surface area contributed by atoms with Gasteiger partial charge in [0.25, 0.3) is 0 Å². The van der Waals surface area contributed by atoms with E-state index in [-0.39, 0.29) is 10.8 Å². The number of aryl methyl sites for hydroxylation is 1. The molecule has 0 heterocycles. The SMILES string of the molecule is Cc1cc(O)c(Cl)cc1OCc1ccccc1N(C)N. The average Bonchev–Trinajstić information content (AvgIpc) is 2.41. The predicted molar refractivity (Wildman–Crippen MR) is 81.2 cm³/mol. The fraction of sp³-hybridized carbons (Fsp3) is 0.200. The molecule has 2 aromatic carbocycles. The lowest BCUT2D eigenvalue weighted by molar-refractivity contribution is 0.303. The Hall–Kier alpha value is -1.91. The third kappa shape index (κ3) is 3.15. The number of para-hydroxylation sites is 1. The fourth-order valence-corrected chi connectivity index (χ4v) is 2.09. The molecule has 20 heavy (non-hydrogen) atoms. The summed E-state index contributed by atoms with van der Waals surface area (Å²) in [7, 11) is 1.78. The molecule has 0 radical (unpaired) electrons. The van der Waals surface area contributed by atoms with Crippen LogP contribution in [0.2, 0.25) is 5.02 Å². The molecule has 0 spiro atoms. The first-order valence-electron chi connectivity index (χ1n) is 6.17. The Kier molecular flexibility index (Phi) is 4.37. The Morgan fingerprint density at radius 2 is 2.00 bits per heavy atom. The molecule has 0 bridgehead atoms. The van der Waals surface area contributed by atoms with Gasteiger partial charge in [-0.3, -0.25) is 0 Å². The maximum absolute atomic E-state index is 9.52. The van der Waals surface area contributed by atoms with Crippen molar-refractivity contribution in [2.45, 2.75) is 13.5 Å². The lowest BCUT2D eigenvalue weighted by Gasteiger charge is -2.18. The van der Waals surface area contributed by atoms with Gasteiger partial charge in [0.1, 0.15) is 18.1 Å². The number of benzene rings is 2. The van der Waals surface area contributed by atoms with Crippen molar-refractivity contribution in [1.82, 2.24) is 0 Å². The smallest absolute Gasteiger partial charge is 0.134 e. The highest BCUT2D eigenvalue weighted by Crippen LogP contribution is 2.32. The monoisotopic (exact) mass is 292 g/mol. The van der Waals surface area contributed by atoms with E-state index < -0.39 is 0 Å². The number of anilines is 1. The number of hydrazine groups is 1. The summed E-state index contributed by atoms with van der Waals surface area (Å²) in [5.41, 5.74) is 2.70. The molecule has 0 amide bonds. The van der Waals surface area contributed by atoms with Gasteiger partial charge in [0.05, 0.1) is 10.7 Å². The van der Waals surface area contributed by atoms with Crippen molar-refractivity contribution in [3.8, 4) is 11.5 Å². The number of nitrogens with zero attached hydrogens (tertiary/aromatic N) is 1. The number of ether oxygens (including phenoxy) is 1. The van der Waals surface area contributed by atoms with Crippen LogP contribution in [0, 0.1) is 6.92 Å². The summed E-state index contributed by atoms with van der Waals surface area (Å²) in [4.78, 5) is 0. The van der Waals surface area contributed by atoms with Crippen LogP contribution in [0.3, 0.4) is 0 Å². The van der Waals surface area contributed by atoms with Crippen LogP contribution < -0.4 is 15.6 Å². The molecule has 106 valence electrons. The second kappa shape index (κ2) is 6.03. The molecule has 0 aliphatic carbocycles. The van der Waals surface area contributed by atoms with E-state index in [2.05, 4.69) is 0 Å². The minimum Gasteiger partial charge on any atom is -0.506 e. The third-order valence-electron chi connectivity index (χ3n) is 3.00. The third-order valence-corrected chi connectivity index (χ3v) is 3.30. The van der Waals surface area contributed by atoms with Crippen molar-refractivity contribution in [3.63, 3.8) is 0 Å². The Morgan fingerprint density at radius 3 is 2.70 bits per heavy atom. The van der Waals surface area contributed by atoms with Crippen molar-refractivity contribution in [2.24, 2.45) is 5.84 Å². The van der Waals surface area contributed by atoms with Crippen LogP contribution in [0.5, 0.6) is 11.5 Å². The highest BCUT2D eigenvalue weighted by atomic mass is 35.5. The summed E-state index contributed by atoms with van der Waals surface area (Å²) in [5.74, 6) is 6.48. The van der Waals surface area contributed by atoms with E-state index in [0.717, 1.165) is 16.8 Å². The molecule has 0 saturated carbocycles. The number of hydrogen-bond donors (Lipinski definition) is 2. The zero-order valence-electron chi connectivity index (χ0n) is 11.4. The van der Waals surface area contributed by atoms with Gasteiger partial charge in [-0.05, 0) is 24.6 Å². The maximum atomic E-state index is 9.52. The molecular formula is C15H17ClN2O2. The summed E-state index contributed by atoms with van der Waals surface area (Å²) in [6.45, 7) is 2.23. The standard InChI is InChI=1S/C15H17ClN2O2/c1-10-7-14(19)12(16)8-15(10)20-9-11-5-3-4-6-13(11)18(2)17/h3-8,19H,9,17H2,1-2H3. The van der Waals surface area contributed by atoms with E-state index in [4.69, 9.17) is 22.2 Å². The van der Waals surface area contributed by atoms with Gasteiger partial charge in [-0.25, -0.2) is 5.84 Å². The maximum Gasteiger partial charge on any atom is 0.134 e. The highest BCUT2D eigenvalue weighted by molar-refractivity contribution is 6.32. The van der Waals surface area contributed by atoms with Gasteiger partial charge in [-0.1, -0.05) is 29.8 Å². The van der Waals surface area contributed by atoms with Gasteiger partial charge >= 0.3 is 0 Å². The minimum atomic E-state index is 0.0543. The van der Waals surface area contributed by atoms with Crippen LogP contribution in [0.1, 0.15) is 11.1 Å². The predicted octanol–water partition coefficient (Wildman–Crippen LogP) is 3.24. The summed E-state index contributed by atoms with van der Waals surface area (Å²) >= 11 is 5.89. The molecule has 5 heteroatoms. The largest absolute Gasteiger partial charge is 0.506 e. The van der Waals surface area contributed by atoms with Crippen LogP contribution in [-0.2, 0) is 6.61 Å². The van der Waals surface area contributed by atoms with E-state index in [0.29, 0.717) is 12.4 Å². The highest BCUT2D eigenvalue weighted by Gasteiger charge is 2.08. The number of phenols is 1. The molecule has 2 rings (SSSR count). The number of rotatable bonds is 4. The summed E-state index contributed by atoms with van der Waals surface area (Å²) in [5, 5.41) is 11.3. The van der Waals surface area contributed by atoms with E-state index in [1.807, 2.05) is 31.2 Å². The zero-order valence-corrected chi connectivity index (χ0v) is 12.2. The van der Waals surface area contributed by atoms with Gasteiger partial charge in [0.2, 0.25) is 0 Å². The Labute approximate surface area is 123 Å². The number of halogens is 1. The topological polar surface area (TPSA) is 58.7 Å². The molecular weight excluding hydrogens is 276 g/mol. The van der Waals surface area contributed by atoms with Gasteiger partial charge in [0, 0.05) is 18.7 Å². The number of phenolic OH excluding ortho intramolecular Hbond substituents is 1. The van der Waals surface area contributed by atoms with Gasteiger partial charge in [0.15, 0.2) is 0 Å². The Bertz CT molecular complexity index is 615. The molecule has 3 N–H and O–H groups in total. The lowest BCUT2D eigenvalue weighted by atomic mass is 10.2. The van der Waals surface area contributed by atoms with Crippen LogP contribution >= 0.6 is 11.6 Å². The second-order valence-electron chi connectivity index (χ2n) is 4.60. The molecule has 0 unspecified atom stereocenters. The van der Waals surface area contributed by atoms with E-state index in [9.17, 15) is 5.11 Å². The molecule has 4 nitrogen and oxygen atoms in total. The molecule has 0 aliphatic rings. The molecule has 0 aliphatic heterocycles. The molecule has 0 atom stereocenters. The normalized spacial score (nSPS) is 10.4. The summed E-state index contributed by atoms with van der Waals surface area (Å²) in [6.07, 6.45) is 0. The lowest BCUT2D eigenvalue weighted by Crippen LogP contribution is -2.26. The molecule has 2 aromatic rings. The van der Waals surface area contributed by atoms with E-state index in [1.54, 1.807) is 24.2 Å². The fourth-order valence-electron chi connectivity index (χ4n) is 1.94. The number of aromatic hydroxyl groups is 1.